The average molecular weight is 375 g/mol. The van der Waals surface area contributed by atoms with Crippen LogP contribution in [0.5, 0.6) is 0 Å². The zero-order valence-corrected chi connectivity index (χ0v) is 14.9. The van der Waals surface area contributed by atoms with E-state index in [1.54, 1.807) is 43.4 Å². The molecule has 2 rings (SSSR count). The number of nitrogens with one attached hydrogen (secondary N) is 1. The molecule has 0 unspecified atom stereocenters. The number of amidine groups is 1. The van der Waals surface area contributed by atoms with Gasteiger partial charge in [-0.1, -0.05) is 47.1 Å². The molecule has 0 fully saturated rings. The average Bonchev–Trinajstić information content (AvgIpc) is 2.63. The lowest BCUT2D eigenvalue weighted by molar-refractivity contribution is -0.122. The first-order chi connectivity index (χ1) is 12.5. The summed E-state index contributed by atoms with van der Waals surface area (Å²) in [6, 6.07) is 15.9. The molecule has 7 nitrogen and oxygen atoms in total. The Morgan fingerprint density at radius 1 is 1.15 bits per heavy atom. The standard InChI is InChI=1S/C18H19ClN4O3/c1-23(13-7-3-2-4-8-13)18(25)12-26-22-16(20)11-17(24)21-15-10-6-5-9-14(15)19/h2-10H,11-12H2,1H3,(H2,20,22)(H,21,24). The summed E-state index contributed by atoms with van der Waals surface area (Å²) in [5, 5.41) is 6.63. The minimum atomic E-state index is -0.393. The molecule has 26 heavy (non-hydrogen) atoms. The molecule has 136 valence electrons. The maximum atomic E-state index is 12.0. The van der Waals surface area contributed by atoms with Gasteiger partial charge in [-0.05, 0) is 24.3 Å². The first kappa shape index (κ1) is 19.3. The fourth-order valence-corrected chi connectivity index (χ4v) is 2.20. The van der Waals surface area contributed by atoms with Gasteiger partial charge in [0, 0.05) is 12.7 Å². The van der Waals surface area contributed by atoms with Crippen molar-refractivity contribution in [1.82, 2.24) is 0 Å². The molecule has 2 aromatic rings. The van der Waals surface area contributed by atoms with E-state index >= 15 is 0 Å². The van der Waals surface area contributed by atoms with E-state index in [1.807, 2.05) is 18.2 Å². The van der Waals surface area contributed by atoms with Gasteiger partial charge in [0.2, 0.25) is 5.91 Å². The van der Waals surface area contributed by atoms with Crippen LogP contribution in [0.4, 0.5) is 11.4 Å². The maximum Gasteiger partial charge on any atom is 0.267 e. The van der Waals surface area contributed by atoms with Crippen molar-refractivity contribution in [3.63, 3.8) is 0 Å². The molecule has 0 radical (unpaired) electrons. The van der Waals surface area contributed by atoms with Gasteiger partial charge in [-0.2, -0.15) is 0 Å². The van der Waals surface area contributed by atoms with Gasteiger partial charge < -0.3 is 20.8 Å². The highest BCUT2D eigenvalue weighted by Gasteiger charge is 2.12. The van der Waals surface area contributed by atoms with E-state index in [1.165, 1.54) is 4.90 Å². The minimum absolute atomic E-state index is 0.0512. The first-order valence-electron chi connectivity index (χ1n) is 7.77. The number of anilines is 2. The molecule has 0 saturated carbocycles. The van der Waals surface area contributed by atoms with Crippen molar-refractivity contribution >= 4 is 40.6 Å². The summed E-state index contributed by atoms with van der Waals surface area (Å²) < 4.78 is 0. The van der Waals surface area contributed by atoms with Crippen LogP contribution in [0.2, 0.25) is 5.02 Å². The minimum Gasteiger partial charge on any atom is -0.384 e. The number of para-hydroxylation sites is 2. The van der Waals surface area contributed by atoms with E-state index in [4.69, 9.17) is 22.2 Å². The zero-order valence-electron chi connectivity index (χ0n) is 14.2. The van der Waals surface area contributed by atoms with Gasteiger partial charge in [-0.15, -0.1) is 0 Å². The van der Waals surface area contributed by atoms with E-state index in [9.17, 15) is 9.59 Å². The Labute approximate surface area is 156 Å². The van der Waals surface area contributed by atoms with Gasteiger partial charge in [0.15, 0.2) is 6.61 Å². The summed E-state index contributed by atoms with van der Waals surface area (Å²) in [4.78, 5) is 30.3. The molecule has 0 atom stereocenters. The molecule has 0 aliphatic heterocycles. The maximum absolute atomic E-state index is 12.0. The Bertz CT molecular complexity index is 796. The number of hydrogen-bond donors (Lipinski definition) is 2. The van der Waals surface area contributed by atoms with Crippen molar-refractivity contribution in [2.24, 2.45) is 10.9 Å². The second-order valence-electron chi connectivity index (χ2n) is 5.35. The summed E-state index contributed by atoms with van der Waals surface area (Å²) in [7, 11) is 1.63. The van der Waals surface area contributed by atoms with Gasteiger partial charge in [-0.3, -0.25) is 9.59 Å². The number of carbonyl (C=O) groups excluding carboxylic acids is 2. The third kappa shape index (κ3) is 5.78. The lowest BCUT2D eigenvalue weighted by Gasteiger charge is -2.16. The largest absolute Gasteiger partial charge is 0.384 e. The van der Waals surface area contributed by atoms with Crippen LogP contribution >= 0.6 is 11.6 Å². The Hall–Kier alpha value is -3.06. The van der Waals surface area contributed by atoms with Crippen LogP contribution in [-0.2, 0) is 14.4 Å². The van der Waals surface area contributed by atoms with Crippen LogP contribution in [0, 0.1) is 0 Å². The van der Waals surface area contributed by atoms with Crippen molar-refractivity contribution in [1.29, 1.82) is 0 Å². The monoisotopic (exact) mass is 374 g/mol. The number of likely N-dealkylation sites (N-methyl/N-ethyl adjacent to an activating group) is 1. The Morgan fingerprint density at radius 2 is 1.81 bits per heavy atom. The SMILES string of the molecule is CN(C(=O)CON=C(N)CC(=O)Nc1ccccc1Cl)c1ccccc1. The molecule has 2 amide bonds. The molecule has 0 saturated heterocycles. The van der Waals surface area contributed by atoms with Crippen molar-refractivity contribution in [2.45, 2.75) is 6.42 Å². The van der Waals surface area contributed by atoms with E-state index in [0.29, 0.717) is 10.7 Å². The Kier molecular flexibility index (Phi) is 6.99. The molecule has 0 heterocycles. The zero-order chi connectivity index (χ0) is 18.9. The summed E-state index contributed by atoms with van der Waals surface area (Å²) in [6.07, 6.45) is -0.187. The summed E-state index contributed by atoms with van der Waals surface area (Å²) in [5.41, 5.74) is 6.86. The van der Waals surface area contributed by atoms with Crippen LogP contribution in [-0.4, -0.2) is 31.3 Å². The summed E-state index contributed by atoms with van der Waals surface area (Å²) in [6.45, 7) is -0.293. The summed E-state index contributed by atoms with van der Waals surface area (Å²) >= 11 is 5.96. The molecular formula is C18H19ClN4O3. The van der Waals surface area contributed by atoms with Crippen LogP contribution < -0.4 is 16.0 Å². The van der Waals surface area contributed by atoms with Crippen LogP contribution in [0.15, 0.2) is 59.8 Å². The van der Waals surface area contributed by atoms with E-state index < -0.39 is 5.91 Å². The molecular weight excluding hydrogens is 356 g/mol. The highest BCUT2D eigenvalue weighted by molar-refractivity contribution is 6.33. The number of hydrogen-bond acceptors (Lipinski definition) is 4. The number of carbonyl (C=O) groups is 2. The highest BCUT2D eigenvalue weighted by Crippen LogP contribution is 2.20. The predicted molar refractivity (Wildman–Crippen MR) is 102 cm³/mol. The fourth-order valence-electron chi connectivity index (χ4n) is 2.02. The lowest BCUT2D eigenvalue weighted by Crippen LogP contribution is -2.30. The van der Waals surface area contributed by atoms with Crippen LogP contribution in [0.1, 0.15) is 6.42 Å². The van der Waals surface area contributed by atoms with Gasteiger partial charge >= 0.3 is 0 Å². The highest BCUT2D eigenvalue weighted by atomic mass is 35.5. The molecule has 0 spiro atoms. The normalized spacial score (nSPS) is 10.9. The topological polar surface area (TPSA) is 97.0 Å². The van der Waals surface area contributed by atoms with Gasteiger partial charge in [0.05, 0.1) is 17.1 Å². The molecule has 0 aliphatic carbocycles. The quantitative estimate of drug-likeness (QED) is 0.442. The summed E-state index contributed by atoms with van der Waals surface area (Å²) in [5.74, 6) is -0.742. The molecule has 0 aromatic heterocycles. The van der Waals surface area contributed by atoms with Crippen molar-refractivity contribution in [2.75, 3.05) is 23.9 Å². The molecule has 2 aromatic carbocycles. The van der Waals surface area contributed by atoms with Crippen LogP contribution in [0.25, 0.3) is 0 Å². The van der Waals surface area contributed by atoms with Crippen molar-refractivity contribution in [3.05, 3.63) is 59.6 Å². The number of halogens is 1. The van der Waals surface area contributed by atoms with E-state index in [0.717, 1.165) is 5.69 Å². The second-order valence-corrected chi connectivity index (χ2v) is 5.76. The number of benzene rings is 2. The van der Waals surface area contributed by atoms with E-state index in [2.05, 4.69) is 10.5 Å². The van der Waals surface area contributed by atoms with Gasteiger partial charge in [-0.25, -0.2) is 0 Å². The molecule has 0 aliphatic rings. The second kappa shape index (κ2) is 9.43. The number of rotatable bonds is 7. The first-order valence-corrected chi connectivity index (χ1v) is 8.15. The van der Waals surface area contributed by atoms with Crippen LogP contribution in [0.3, 0.4) is 0 Å². The third-order valence-electron chi connectivity index (χ3n) is 3.38. The Morgan fingerprint density at radius 3 is 2.50 bits per heavy atom. The lowest BCUT2D eigenvalue weighted by atomic mass is 10.3. The fraction of sp³-hybridized carbons (Fsp3) is 0.167. The van der Waals surface area contributed by atoms with Crippen molar-refractivity contribution in [3.8, 4) is 0 Å². The predicted octanol–water partition coefficient (Wildman–Crippen LogP) is 2.62. The number of nitrogens with zero attached hydrogens (tertiary/aromatic N) is 2. The smallest absolute Gasteiger partial charge is 0.267 e. The molecule has 0 bridgehead atoms. The Balaban J connectivity index is 1.80. The van der Waals surface area contributed by atoms with Gasteiger partial charge in [0.1, 0.15) is 5.84 Å². The van der Waals surface area contributed by atoms with Gasteiger partial charge in [0.25, 0.3) is 5.91 Å². The van der Waals surface area contributed by atoms with Crippen molar-refractivity contribution < 1.29 is 14.4 Å². The molecule has 3 N–H and O–H groups in total. The number of nitrogens with two attached hydrogens (primary N) is 1. The third-order valence-corrected chi connectivity index (χ3v) is 3.71. The number of oxime groups is 1. The molecule has 8 heteroatoms. The number of amides is 2. The van der Waals surface area contributed by atoms with E-state index in [-0.39, 0.29) is 24.8 Å².